The molecule has 88 valence electrons. The normalized spacial score (nSPS) is 12.5. The minimum Gasteiger partial charge on any atom is -0.480 e. The monoisotopic (exact) mass is 216 g/mol. The average molecular weight is 216 g/mol. The Kier molecular flexibility index (Phi) is 6.70. The third kappa shape index (κ3) is 5.37. The first-order chi connectivity index (χ1) is 7.02. The van der Waals surface area contributed by atoms with E-state index in [0.29, 0.717) is 13.1 Å². The summed E-state index contributed by atoms with van der Waals surface area (Å²) in [4.78, 5) is 23.8. The third-order valence-electron chi connectivity index (χ3n) is 2.13. The molecule has 0 saturated carbocycles. The summed E-state index contributed by atoms with van der Waals surface area (Å²) in [5, 5.41) is 11.4. The van der Waals surface area contributed by atoms with Crippen LogP contribution in [-0.2, 0) is 9.59 Å². The molecule has 0 radical (unpaired) electrons. The van der Waals surface area contributed by atoms with Crippen molar-refractivity contribution in [3.05, 3.63) is 0 Å². The van der Waals surface area contributed by atoms with Gasteiger partial charge in [0.1, 0.15) is 0 Å². The van der Waals surface area contributed by atoms with Crippen molar-refractivity contribution in [1.82, 2.24) is 10.2 Å². The number of carboxylic acid groups (broad SMARTS) is 1. The zero-order chi connectivity index (χ0) is 11.8. The van der Waals surface area contributed by atoms with Gasteiger partial charge in [0.2, 0.25) is 5.91 Å². The van der Waals surface area contributed by atoms with E-state index in [1.54, 1.807) is 11.8 Å². The van der Waals surface area contributed by atoms with E-state index in [-0.39, 0.29) is 18.5 Å². The Morgan fingerprint density at radius 1 is 1.40 bits per heavy atom. The second-order valence-electron chi connectivity index (χ2n) is 3.43. The van der Waals surface area contributed by atoms with Crippen LogP contribution in [-0.4, -0.2) is 47.6 Å². The number of rotatable bonds is 7. The van der Waals surface area contributed by atoms with Crippen molar-refractivity contribution in [3.8, 4) is 0 Å². The minimum absolute atomic E-state index is 0.0911. The van der Waals surface area contributed by atoms with E-state index in [2.05, 4.69) is 5.32 Å². The number of carbonyl (C=O) groups excluding carboxylic acids is 1. The summed E-state index contributed by atoms with van der Waals surface area (Å²) in [7, 11) is 0. The first-order valence-corrected chi connectivity index (χ1v) is 5.26. The zero-order valence-electron chi connectivity index (χ0n) is 9.62. The van der Waals surface area contributed by atoms with Crippen LogP contribution in [0.5, 0.6) is 0 Å². The van der Waals surface area contributed by atoms with Gasteiger partial charge in [-0.25, -0.2) is 0 Å². The predicted octanol–water partition coefficient (Wildman–Crippen LogP) is 0.308. The molecule has 0 saturated heterocycles. The zero-order valence-corrected chi connectivity index (χ0v) is 9.62. The molecule has 0 aliphatic rings. The Labute approximate surface area is 90.5 Å². The maximum atomic E-state index is 11.5. The number of amides is 1. The number of nitrogens with zero attached hydrogens (tertiary/aromatic N) is 1. The topological polar surface area (TPSA) is 69.6 Å². The molecule has 1 unspecified atom stereocenters. The molecule has 0 heterocycles. The molecule has 5 heteroatoms. The summed E-state index contributed by atoms with van der Waals surface area (Å²) in [6.45, 7) is 6.61. The summed E-state index contributed by atoms with van der Waals surface area (Å²) in [5.74, 6) is -1.02. The predicted molar refractivity (Wildman–Crippen MR) is 57.6 cm³/mol. The van der Waals surface area contributed by atoms with Crippen LogP contribution < -0.4 is 5.32 Å². The highest BCUT2D eigenvalue weighted by Gasteiger charge is 2.21. The summed E-state index contributed by atoms with van der Waals surface area (Å²) in [6, 6.07) is -0.388. The highest BCUT2D eigenvalue weighted by Crippen LogP contribution is 2.00. The van der Waals surface area contributed by atoms with Gasteiger partial charge in [-0.3, -0.25) is 14.5 Å². The molecule has 0 aromatic carbocycles. The lowest BCUT2D eigenvalue weighted by Crippen LogP contribution is -2.47. The number of likely N-dealkylation sites (N-methyl/N-ethyl adjacent to an activating group) is 1. The van der Waals surface area contributed by atoms with Crippen molar-refractivity contribution in [2.75, 3.05) is 19.6 Å². The van der Waals surface area contributed by atoms with Crippen molar-refractivity contribution in [3.63, 3.8) is 0 Å². The largest absolute Gasteiger partial charge is 0.480 e. The van der Waals surface area contributed by atoms with Crippen molar-refractivity contribution in [1.29, 1.82) is 0 Å². The highest BCUT2D eigenvalue weighted by atomic mass is 16.4. The molecular weight excluding hydrogens is 196 g/mol. The Balaban J connectivity index is 4.32. The lowest BCUT2D eigenvalue weighted by atomic mass is 10.2. The van der Waals surface area contributed by atoms with Crippen molar-refractivity contribution in [2.45, 2.75) is 33.2 Å². The Bertz CT molecular complexity index is 219. The average Bonchev–Trinajstić information content (AvgIpc) is 2.16. The number of nitrogens with one attached hydrogen (secondary N) is 1. The molecule has 0 fully saturated rings. The molecule has 1 amide bonds. The second kappa shape index (κ2) is 7.23. The van der Waals surface area contributed by atoms with E-state index in [9.17, 15) is 9.59 Å². The van der Waals surface area contributed by atoms with Crippen LogP contribution in [0, 0.1) is 0 Å². The van der Waals surface area contributed by atoms with Gasteiger partial charge in [-0.1, -0.05) is 6.92 Å². The first kappa shape index (κ1) is 13.9. The van der Waals surface area contributed by atoms with Gasteiger partial charge < -0.3 is 10.4 Å². The van der Waals surface area contributed by atoms with E-state index >= 15 is 0 Å². The number of hydrogen-bond acceptors (Lipinski definition) is 3. The molecule has 0 spiro atoms. The minimum atomic E-state index is -0.903. The molecule has 2 N–H and O–H groups in total. The fourth-order valence-electron chi connectivity index (χ4n) is 1.36. The first-order valence-electron chi connectivity index (χ1n) is 5.26. The number of carboxylic acids is 1. The Morgan fingerprint density at radius 2 is 2.00 bits per heavy atom. The molecule has 5 nitrogen and oxygen atoms in total. The van der Waals surface area contributed by atoms with Crippen LogP contribution in [0.3, 0.4) is 0 Å². The summed E-state index contributed by atoms with van der Waals surface area (Å²) < 4.78 is 0. The van der Waals surface area contributed by atoms with Crippen LogP contribution in [0.15, 0.2) is 0 Å². The number of hydrogen-bond donors (Lipinski definition) is 2. The maximum absolute atomic E-state index is 11.5. The van der Waals surface area contributed by atoms with Crippen LogP contribution in [0.2, 0.25) is 0 Å². The van der Waals surface area contributed by atoms with E-state index < -0.39 is 5.97 Å². The van der Waals surface area contributed by atoms with Crippen LogP contribution in [0.1, 0.15) is 27.2 Å². The summed E-state index contributed by atoms with van der Waals surface area (Å²) >= 11 is 0. The lowest BCUT2D eigenvalue weighted by molar-refractivity contribution is -0.139. The van der Waals surface area contributed by atoms with Gasteiger partial charge in [-0.2, -0.15) is 0 Å². The highest BCUT2D eigenvalue weighted by molar-refractivity contribution is 5.82. The maximum Gasteiger partial charge on any atom is 0.317 e. The van der Waals surface area contributed by atoms with Gasteiger partial charge in [-0.05, 0) is 26.8 Å². The van der Waals surface area contributed by atoms with Crippen molar-refractivity contribution < 1.29 is 14.7 Å². The van der Waals surface area contributed by atoms with Gasteiger partial charge in [-0.15, -0.1) is 0 Å². The SMILES string of the molecule is CCCN(CC(=O)O)C(C)C(=O)NCC. The van der Waals surface area contributed by atoms with Crippen molar-refractivity contribution in [2.24, 2.45) is 0 Å². The van der Waals surface area contributed by atoms with Gasteiger partial charge in [0.25, 0.3) is 0 Å². The molecule has 0 rings (SSSR count). The lowest BCUT2D eigenvalue weighted by Gasteiger charge is -2.25. The van der Waals surface area contributed by atoms with Crippen LogP contribution >= 0.6 is 0 Å². The molecule has 0 aromatic rings. The molecule has 0 aromatic heterocycles. The summed E-state index contributed by atoms with van der Waals surface area (Å²) in [5.41, 5.74) is 0. The Morgan fingerprint density at radius 3 is 2.40 bits per heavy atom. The standard InChI is InChI=1S/C10H20N2O3/c1-4-6-12(7-9(13)14)8(3)10(15)11-5-2/h8H,4-7H2,1-3H3,(H,11,15)(H,13,14). The van der Waals surface area contributed by atoms with Crippen LogP contribution in [0.25, 0.3) is 0 Å². The molecule has 1 atom stereocenters. The van der Waals surface area contributed by atoms with E-state index in [1.807, 2.05) is 13.8 Å². The number of aliphatic carboxylic acids is 1. The number of carbonyl (C=O) groups is 2. The van der Waals surface area contributed by atoms with Crippen molar-refractivity contribution >= 4 is 11.9 Å². The molecule has 0 aliphatic heterocycles. The van der Waals surface area contributed by atoms with Gasteiger partial charge in [0.15, 0.2) is 0 Å². The quantitative estimate of drug-likeness (QED) is 0.642. The smallest absolute Gasteiger partial charge is 0.317 e. The fraction of sp³-hybridized carbons (Fsp3) is 0.800. The van der Waals surface area contributed by atoms with E-state index in [4.69, 9.17) is 5.11 Å². The van der Waals surface area contributed by atoms with Gasteiger partial charge in [0.05, 0.1) is 12.6 Å². The van der Waals surface area contributed by atoms with E-state index in [0.717, 1.165) is 6.42 Å². The Hall–Kier alpha value is -1.10. The van der Waals surface area contributed by atoms with Gasteiger partial charge >= 0.3 is 5.97 Å². The molecular formula is C10H20N2O3. The second-order valence-corrected chi connectivity index (χ2v) is 3.43. The van der Waals surface area contributed by atoms with E-state index in [1.165, 1.54) is 0 Å². The van der Waals surface area contributed by atoms with Gasteiger partial charge in [0, 0.05) is 6.54 Å². The third-order valence-corrected chi connectivity index (χ3v) is 2.13. The molecule has 0 aliphatic carbocycles. The van der Waals surface area contributed by atoms with Crippen LogP contribution in [0.4, 0.5) is 0 Å². The summed E-state index contributed by atoms with van der Waals surface area (Å²) in [6.07, 6.45) is 0.830. The fourth-order valence-corrected chi connectivity index (χ4v) is 1.36. The molecule has 15 heavy (non-hydrogen) atoms. The molecule has 0 bridgehead atoms.